The molecular weight excluding hydrogens is 371 g/mol. The smallest absolute Gasteiger partial charge is 0.253 e. The average Bonchev–Trinajstić information content (AvgIpc) is 2.68. The third-order valence-corrected chi connectivity index (χ3v) is 4.87. The van der Waals surface area contributed by atoms with Gasteiger partial charge in [-0.15, -0.1) is 23.2 Å². The molecule has 0 saturated heterocycles. The molecule has 0 fully saturated rings. The van der Waals surface area contributed by atoms with Gasteiger partial charge in [0.25, 0.3) is 11.8 Å². The number of rotatable bonds is 12. The van der Waals surface area contributed by atoms with E-state index in [0.717, 1.165) is 25.7 Å². The summed E-state index contributed by atoms with van der Waals surface area (Å²) in [7, 11) is 0. The third-order valence-electron chi connectivity index (χ3n) is 4.34. The van der Waals surface area contributed by atoms with E-state index in [-0.39, 0.29) is 11.8 Å². The maximum atomic E-state index is 12.6. The number of benzene rings is 1. The summed E-state index contributed by atoms with van der Waals surface area (Å²) in [6.07, 6.45) is 3.59. The van der Waals surface area contributed by atoms with E-state index in [1.165, 1.54) is 0 Å². The molecule has 0 bridgehead atoms. The Kier molecular flexibility index (Phi) is 11.4. The van der Waals surface area contributed by atoms with Crippen molar-refractivity contribution in [2.45, 2.75) is 39.5 Å². The third kappa shape index (κ3) is 7.16. The molecular formula is C20H30Cl2N2O2. The molecule has 0 spiro atoms. The largest absolute Gasteiger partial charge is 0.339 e. The van der Waals surface area contributed by atoms with Crippen LogP contribution in [0.4, 0.5) is 0 Å². The van der Waals surface area contributed by atoms with Crippen LogP contribution in [0.5, 0.6) is 0 Å². The first-order valence-corrected chi connectivity index (χ1v) is 10.5. The van der Waals surface area contributed by atoms with Crippen molar-refractivity contribution in [3.8, 4) is 0 Å². The molecule has 4 nitrogen and oxygen atoms in total. The lowest BCUT2D eigenvalue weighted by atomic mass is 10.1. The average molecular weight is 401 g/mol. The SMILES string of the molecule is CCN(CCCCCl)C(=O)c1ccc(C(=O)N(CC)CCCCCl)cc1. The minimum absolute atomic E-state index is 0.00414. The lowest BCUT2D eigenvalue weighted by Crippen LogP contribution is -2.33. The Morgan fingerprint density at radius 3 is 1.35 bits per heavy atom. The molecule has 146 valence electrons. The second-order valence-electron chi connectivity index (χ2n) is 6.14. The summed E-state index contributed by atoms with van der Waals surface area (Å²) in [4.78, 5) is 28.8. The minimum Gasteiger partial charge on any atom is -0.339 e. The standard InChI is InChI=1S/C20H30Cl2N2O2/c1-3-23(15-7-5-13-21)19(25)17-9-11-18(12-10-17)20(26)24(4-2)16-8-6-14-22/h9-12H,3-8,13-16H2,1-2H3. The van der Waals surface area contributed by atoms with Crippen LogP contribution >= 0.6 is 23.2 Å². The monoisotopic (exact) mass is 400 g/mol. The van der Waals surface area contributed by atoms with Crippen molar-refractivity contribution >= 4 is 35.0 Å². The number of halogens is 2. The number of alkyl halides is 2. The fourth-order valence-corrected chi connectivity index (χ4v) is 3.10. The molecule has 26 heavy (non-hydrogen) atoms. The first-order valence-electron chi connectivity index (χ1n) is 9.39. The molecule has 0 N–H and O–H groups in total. The molecule has 0 atom stereocenters. The Labute approximate surface area is 167 Å². The summed E-state index contributed by atoms with van der Waals surface area (Å²) < 4.78 is 0. The van der Waals surface area contributed by atoms with E-state index in [1.54, 1.807) is 24.3 Å². The summed E-state index contributed by atoms with van der Waals surface area (Å²) >= 11 is 11.4. The summed E-state index contributed by atoms with van der Waals surface area (Å²) in [5, 5.41) is 0. The quantitative estimate of drug-likeness (QED) is 0.378. The van der Waals surface area contributed by atoms with Crippen LogP contribution in [0.25, 0.3) is 0 Å². The van der Waals surface area contributed by atoms with Crippen molar-refractivity contribution in [2.24, 2.45) is 0 Å². The Morgan fingerprint density at radius 2 is 1.08 bits per heavy atom. The lowest BCUT2D eigenvalue weighted by molar-refractivity contribution is 0.0750. The Hall–Kier alpha value is -1.26. The van der Waals surface area contributed by atoms with Crippen molar-refractivity contribution in [1.29, 1.82) is 0 Å². The summed E-state index contributed by atoms with van der Waals surface area (Å²) in [6.45, 7) is 6.66. The topological polar surface area (TPSA) is 40.6 Å². The number of amides is 2. The first kappa shape index (κ1) is 22.8. The number of hydrogen-bond acceptors (Lipinski definition) is 2. The van der Waals surface area contributed by atoms with Crippen molar-refractivity contribution in [3.63, 3.8) is 0 Å². The van der Waals surface area contributed by atoms with Gasteiger partial charge in [-0.05, 0) is 63.8 Å². The minimum atomic E-state index is -0.00414. The predicted molar refractivity (Wildman–Crippen MR) is 110 cm³/mol. The van der Waals surface area contributed by atoms with E-state index in [2.05, 4.69) is 0 Å². The van der Waals surface area contributed by atoms with E-state index in [0.29, 0.717) is 49.1 Å². The zero-order chi connectivity index (χ0) is 19.4. The highest BCUT2D eigenvalue weighted by Gasteiger charge is 2.17. The molecule has 2 amide bonds. The van der Waals surface area contributed by atoms with Crippen LogP contribution < -0.4 is 0 Å². The van der Waals surface area contributed by atoms with Crippen LogP contribution in [-0.4, -0.2) is 59.6 Å². The molecule has 1 aromatic rings. The molecule has 0 saturated carbocycles. The number of unbranched alkanes of at least 4 members (excludes halogenated alkanes) is 2. The normalized spacial score (nSPS) is 10.6. The number of carbonyl (C=O) groups excluding carboxylic acids is 2. The molecule has 0 heterocycles. The van der Waals surface area contributed by atoms with E-state index in [4.69, 9.17) is 23.2 Å². The molecule has 0 aliphatic heterocycles. The van der Waals surface area contributed by atoms with Crippen LogP contribution in [-0.2, 0) is 0 Å². The fourth-order valence-electron chi connectivity index (χ4n) is 2.72. The summed E-state index contributed by atoms with van der Waals surface area (Å²) in [6, 6.07) is 6.97. The van der Waals surface area contributed by atoms with E-state index >= 15 is 0 Å². The Balaban J connectivity index is 2.73. The van der Waals surface area contributed by atoms with Gasteiger partial charge in [-0.1, -0.05) is 0 Å². The van der Waals surface area contributed by atoms with Gasteiger partial charge in [0.1, 0.15) is 0 Å². The molecule has 1 rings (SSSR count). The molecule has 1 aromatic carbocycles. The molecule has 6 heteroatoms. The Morgan fingerprint density at radius 1 is 0.731 bits per heavy atom. The van der Waals surface area contributed by atoms with Gasteiger partial charge in [0, 0.05) is 49.1 Å². The van der Waals surface area contributed by atoms with Crippen LogP contribution in [0.2, 0.25) is 0 Å². The first-order chi connectivity index (χ1) is 12.6. The maximum absolute atomic E-state index is 12.6. The second-order valence-corrected chi connectivity index (χ2v) is 6.90. The van der Waals surface area contributed by atoms with E-state index in [1.807, 2.05) is 23.6 Å². The van der Waals surface area contributed by atoms with Gasteiger partial charge in [-0.25, -0.2) is 0 Å². The highest BCUT2D eigenvalue weighted by Crippen LogP contribution is 2.12. The van der Waals surface area contributed by atoms with Crippen molar-refractivity contribution < 1.29 is 9.59 Å². The summed E-state index contributed by atoms with van der Waals surface area (Å²) in [5.74, 6) is 1.22. The van der Waals surface area contributed by atoms with Crippen LogP contribution in [0.1, 0.15) is 60.2 Å². The highest BCUT2D eigenvalue weighted by molar-refractivity contribution is 6.18. The number of nitrogens with zero attached hydrogens (tertiary/aromatic N) is 2. The Bertz CT molecular complexity index is 500. The lowest BCUT2D eigenvalue weighted by Gasteiger charge is -2.22. The van der Waals surface area contributed by atoms with Gasteiger partial charge >= 0.3 is 0 Å². The van der Waals surface area contributed by atoms with Crippen molar-refractivity contribution in [3.05, 3.63) is 35.4 Å². The van der Waals surface area contributed by atoms with Gasteiger partial charge in [0.05, 0.1) is 0 Å². The highest BCUT2D eigenvalue weighted by atomic mass is 35.5. The predicted octanol–water partition coefficient (Wildman–Crippen LogP) is 4.65. The van der Waals surface area contributed by atoms with E-state index in [9.17, 15) is 9.59 Å². The van der Waals surface area contributed by atoms with Gasteiger partial charge in [-0.2, -0.15) is 0 Å². The maximum Gasteiger partial charge on any atom is 0.253 e. The van der Waals surface area contributed by atoms with Crippen LogP contribution in [0, 0.1) is 0 Å². The molecule has 0 aliphatic carbocycles. The van der Waals surface area contributed by atoms with Gasteiger partial charge in [-0.3, -0.25) is 9.59 Å². The summed E-state index contributed by atoms with van der Waals surface area (Å²) in [5.41, 5.74) is 1.22. The molecule has 0 aromatic heterocycles. The van der Waals surface area contributed by atoms with Crippen LogP contribution in [0.15, 0.2) is 24.3 Å². The van der Waals surface area contributed by atoms with Gasteiger partial charge in [0.15, 0.2) is 0 Å². The second kappa shape index (κ2) is 13.0. The zero-order valence-electron chi connectivity index (χ0n) is 15.8. The number of hydrogen-bond donors (Lipinski definition) is 0. The molecule has 0 unspecified atom stereocenters. The van der Waals surface area contributed by atoms with E-state index < -0.39 is 0 Å². The fraction of sp³-hybridized carbons (Fsp3) is 0.600. The molecule has 0 radical (unpaired) electrons. The van der Waals surface area contributed by atoms with Gasteiger partial charge < -0.3 is 9.80 Å². The van der Waals surface area contributed by atoms with Gasteiger partial charge in [0.2, 0.25) is 0 Å². The zero-order valence-corrected chi connectivity index (χ0v) is 17.4. The molecule has 0 aliphatic rings. The van der Waals surface area contributed by atoms with Crippen LogP contribution in [0.3, 0.4) is 0 Å². The van der Waals surface area contributed by atoms with Crippen molar-refractivity contribution in [1.82, 2.24) is 9.80 Å². The van der Waals surface area contributed by atoms with Crippen molar-refractivity contribution in [2.75, 3.05) is 37.9 Å². The number of carbonyl (C=O) groups is 2.